The molecular formula is C16H23N3S. The summed E-state index contributed by atoms with van der Waals surface area (Å²) in [6.45, 7) is 6.83. The predicted octanol–water partition coefficient (Wildman–Crippen LogP) is 4.44. The average molecular weight is 289 g/mol. The summed E-state index contributed by atoms with van der Waals surface area (Å²) in [6, 6.07) is 4.06. The molecule has 1 atom stereocenters. The Morgan fingerprint density at radius 1 is 1.35 bits per heavy atom. The Labute approximate surface area is 125 Å². The zero-order valence-electron chi connectivity index (χ0n) is 12.6. The maximum atomic E-state index is 4.86. The Bertz CT molecular complexity index is 591. The van der Waals surface area contributed by atoms with Crippen LogP contribution in [0.25, 0.3) is 11.2 Å². The van der Waals surface area contributed by atoms with E-state index in [0.29, 0.717) is 5.37 Å². The maximum Gasteiger partial charge on any atom is 0.160 e. The summed E-state index contributed by atoms with van der Waals surface area (Å²) in [5.41, 5.74) is 2.35. The van der Waals surface area contributed by atoms with E-state index in [1.54, 1.807) is 0 Å². The first kappa shape index (κ1) is 13.9. The van der Waals surface area contributed by atoms with Crippen LogP contribution < -0.4 is 0 Å². The van der Waals surface area contributed by atoms with Gasteiger partial charge in [0.05, 0.1) is 5.37 Å². The number of aromatic nitrogens is 3. The zero-order chi connectivity index (χ0) is 14.2. The van der Waals surface area contributed by atoms with E-state index in [2.05, 4.69) is 48.2 Å². The molecule has 108 valence electrons. The molecule has 1 aliphatic rings. The van der Waals surface area contributed by atoms with Crippen molar-refractivity contribution in [3.8, 4) is 0 Å². The van der Waals surface area contributed by atoms with Gasteiger partial charge in [0.25, 0.3) is 0 Å². The molecule has 3 nitrogen and oxygen atoms in total. The molecule has 0 aliphatic carbocycles. The minimum atomic E-state index is 0.248. The molecule has 0 saturated carbocycles. The van der Waals surface area contributed by atoms with E-state index < -0.39 is 0 Å². The molecule has 0 bridgehead atoms. The van der Waals surface area contributed by atoms with Gasteiger partial charge in [0.15, 0.2) is 5.65 Å². The summed E-state index contributed by atoms with van der Waals surface area (Å²) < 4.78 is 2.41. The fourth-order valence-corrected chi connectivity index (χ4v) is 4.15. The molecule has 2 aromatic heterocycles. The Hall–Kier alpha value is -1.03. The number of hydrogen-bond donors (Lipinski definition) is 0. The van der Waals surface area contributed by atoms with Crippen LogP contribution in [0, 0.1) is 5.41 Å². The van der Waals surface area contributed by atoms with Gasteiger partial charge in [0, 0.05) is 12.6 Å². The predicted molar refractivity (Wildman–Crippen MR) is 86.0 cm³/mol. The smallest absolute Gasteiger partial charge is 0.160 e. The Morgan fingerprint density at radius 3 is 2.90 bits per heavy atom. The minimum Gasteiger partial charge on any atom is -0.300 e. The van der Waals surface area contributed by atoms with Crippen LogP contribution in [0.5, 0.6) is 0 Å². The number of nitrogens with zero attached hydrogens (tertiary/aromatic N) is 3. The van der Waals surface area contributed by atoms with Crippen LogP contribution in [-0.2, 0) is 6.42 Å². The lowest BCUT2D eigenvalue weighted by atomic mass is 9.92. The van der Waals surface area contributed by atoms with Crippen LogP contribution >= 0.6 is 11.8 Å². The van der Waals surface area contributed by atoms with Gasteiger partial charge in [0.2, 0.25) is 0 Å². The third-order valence-corrected chi connectivity index (χ3v) is 5.01. The van der Waals surface area contributed by atoms with E-state index in [-0.39, 0.29) is 5.41 Å². The van der Waals surface area contributed by atoms with Crippen LogP contribution in [0.15, 0.2) is 18.3 Å². The molecular weight excluding hydrogens is 266 g/mol. The zero-order valence-corrected chi connectivity index (χ0v) is 13.4. The number of rotatable bonds is 2. The first-order chi connectivity index (χ1) is 9.54. The third kappa shape index (κ3) is 2.85. The van der Waals surface area contributed by atoms with E-state index in [9.17, 15) is 0 Å². The molecule has 4 heteroatoms. The summed E-state index contributed by atoms with van der Waals surface area (Å²) >= 11 is 2.06. The monoisotopic (exact) mass is 289 g/mol. The average Bonchev–Trinajstić information content (AvgIpc) is 2.75. The molecule has 0 amide bonds. The van der Waals surface area contributed by atoms with Gasteiger partial charge in [-0.05, 0) is 42.6 Å². The summed E-state index contributed by atoms with van der Waals surface area (Å²) in [6.07, 6.45) is 6.79. The van der Waals surface area contributed by atoms with Crippen molar-refractivity contribution in [1.82, 2.24) is 14.5 Å². The lowest BCUT2D eigenvalue weighted by Crippen LogP contribution is -2.18. The molecule has 1 fully saturated rings. The number of fused-ring (bicyclic) bond motifs is 1. The van der Waals surface area contributed by atoms with Gasteiger partial charge >= 0.3 is 0 Å². The number of thioether (sulfide) groups is 1. The molecule has 1 aliphatic heterocycles. The molecule has 3 rings (SSSR count). The van der Waals surface area contributed by atoms with E-state index in [1.807, 2.05) is 12.3 Å². The molecule has 0 spiro atoms. The van der Waals surface area contributed by atoms with Crippen molar-refractivity contribution in [2.24, 2.45) is 5.41 Å². The van der Waals surface area contributed by atoms with Crippen molar-refractivity contribution in [1.29, 1.82) is 0 Å². The first-order valence-electron chi connectivity index (χ1n) is 7.48. The van der Waals surface area contributed by atoms with Crippen molar-refractivity contribution in [2.45, 2.75) is 51.8 Å². The highest BCUT2D eigenvalue weighted by molar-refractivity contribution is 7.99. The second kappa shape index (κ2) is 5.40. The molecule has 0 aromatic carbocycles. The molecule has 0 radical (unpaired) electrons. The van der Waals surface area contributed by atoms with E-state index in [1.165, 1.54) is 30.8 Å². The third-order valence-electron chi connectivity index (χ3n) is 3.65. The highest BCUT2D eigenvalue weighted by atomic mass is 32.2. The van der Waals surface area contributed by atoms with Crippen molar-refractivity contribution in [2.75, 3.05) is 5.75 Å². The molecule has 2 aromatic rings. The maximum absolute atomic E-state index is 4.86. The van der Waals surface area contributed by atoms with Crippen LogP contribution in [0.4, 0.5) is 0 Å². The number of hydrogen-bond acceptors (Lipinski definition) is 3. The van der Waals surface area contributed by atoms with Crippen molar-refractivity contribution in [3.05, 3.63) is 24.2 Å². The largest absolute Gasteiger partial charge is 0.300 e. The standard InChI is InChI=1S/C16H23N3S/c1-16(2,3)11-13-18-12-7-6-9-17-15(12)19(13)14-8-4-5-10-20-14/h6-7,9,14H,4-5,8,10-11H2,1-3H3. The summed E-state index contributed by atoms with van der Waals surface area (Å²) in [7, 11) is 0. The lowest BCUT2D eigenvalue weighted by Gasteiger charge is -2.26. The van der Waals surface area contributed by atoms with Gasteiger partial charge < -0.3 is 0 Å². The quantitative estimate of drug-likeness (QED) is 0.819. The van der Waals surface area contributed by atoms with Gasteiger partial charge in [-0.15, -0.1) is 11.8 Å². The number of pyridine rings is 1. The molecule has 1 saturated heterocycles. The first-order valence-corrected chi connectivity index (χ1v) is 8.53. The SMILES string of the molecule is CC(C)(C)Cc1nc2cccnc2n1C1CCCCS1. The lowest BCUT2D eigenvalue weighted by molar-refractivity contribution is 0.389. The summed E-state index contributed by atoms with van der Waals surface area (Å²) in [5, 5.41) is 0.515. The molecule has 3 heterocycles. The minimum absolute atomic E-state index is 0.248. The van der Waals surface area contributed by atoms with Crippen molar-refractivity contribution < 1.29 is 0 Å². The highest BCUT2D eigenvalue weighted by Crippen LogP contribution is 2.38. The molecule has 0 N–H and O–H groups in total. The van der Waals surface area contributed by atoms with Gasteiger partial charge in [-0.1, -0.05) is 20.8 Å². The normalized spacial score (nSPS) is 20.4. The van der Waals surface area contributed by atoms with Crippen molar-refractivity contribution in [3.63, 3.8) is 0 Å². The van der Waals surface area contributed by atoms with Crippen LogP contribution in [0.1, 0.15) is 51.2 Å². The highest BCUT2D eigenvalue weighted by Gasteiger charge is 2.25. The van der Waals surface area contributed by atoms with Crippen molar-refractivity contribution >= 4 is 22.9 Å². The second-order valence-electron chi connectivity index (χ2n) is 6.80. The van der Waals surface area contributed by atoms with Gasteiger partial charge in [-0.2, -0.15) is 0 Å². The Balaban J connectivity index is 2.07. The second-order valence-corrected chi connectivity index (χ2v) is 8.09. The number of imidazole rings is 1. The van der Waals surface area contributed by atoms with E-state index in [0.717, 1.165) is 17.6 Å². The Morgan fingerprint density at radius 2 is 2.20 bits per heavy atom. The van der Waals surface area contributed by atoms with Crippen LogP contribution in [-0.4, -0.2) is 20.3 Å². The topological polar surface area (TPSA) is 30.7 Å². The van der Waals surface area contributed by atoms with E-state index in [4.69, 9.17) is 4.98 Å². The fourth-order valence-electron chi connectivity index (χ4n) is 2.81. The summed E-state index contributed by atoms with van der Waals surface area (Å²) in [5.74, 6) is 2.46. The van der Waals surface area contributed by atoms with E-state index >= 15 is 0 Å². The molecule has 20 heavy (non-hydrogen) atoms. The molecule has 1 unspecified atom stereocenters. The van der Waals surface area contributed by atoms with Crippen LogP contribution in [0.3, 0.4) is 0 Å². The van der Waals surface area contributed by atoms with Gasteiger partial charge in [0.1, 0.15) is 11.3 Å². The Kier molecular flexibility index (Phi) is 3.76. The van der Waals surface area contributed by atoms with Gasteiger partial charge in [-0.25, -0.2) is 9.97 Å². The van der Waals surface area contributed by atoms with Gasteiger partial charge in [-0.3, -0.25) is 4.57 Å². The summed E-state index contributed by atoms with van der Waals surface area (Å²) in [4.78, 5) is 9.45. The van der Waals surface area contributed by atoms with Crippen LogP contribution in [0.2, 0.25) is 0 Å². The fraction of sp³-hybridized carbons (Fsp3) is 0.625.